The highest BCUT2D eigenvalue weighted by Gasteiger charge is 2.46. The van der Waals surface area contributed by atoms with Crippen LogP contribution in [0.5, 0.6) is 0 Å². The number of amides is 3. The van der Waals surface area contributed by atoms with Crippen LogP contribution in [-0.2, 0) is 9.53 Å². The zero-order chi connectivity index (χ0) is 26.1. The van der Waals surface area contributed by atoms with Crippen LogP contribution in [0.4, 0.5) is 4.79 Å². The zero-order valence-electron chi connectivity index (χ0n) is 21.9. The average Bonchev–Trinajstić information content (AvgIpc) is 3.33. The van der Waals surface area contributed by atoms with Gasteiger partial charge in [-0.05, 0) is 52.1 Å². The maximum atomic E-state index is 13.7. The number of hydrogen-bond acceptors (Lipinski definition) is 9. The second kappa shape index (κ2) is 13.4. The SMILES string of the molecule is CC(C)CC(C(=O)c1nnc(SCCN(C)C)o1)N(C=O)C1(NC(=O)N2CCOCC2)CCCCC1. The lowest BCUT2D eigenvalue weighted by Crippen LogP contribution is -2.67. The first-order valence-corrected chi connectivity index (χ1v) is 13.8. The standard InChI is InChI=1S/C24H40N6O5S/c1-18(2)16-19(20(32)21-26-27-23(35-21)36-15-12-28(3)4)30(17-31)24(8-6-5-7-9-24)25-22(33)29-10-13-34-14-11-29/h17-19H,5-16H2,1-4H3,(H,25,33). The molecule has 0 radical (unpaired) electrons. The van der Waals surface area contributed by atoms with Crippen LogP contribution in [0.15, 0.2) is 9.64 Å². The van der Waals surface area contributed by atoms with Crippen molar-refractivity contribution in [3.05, 3.63) is 5.89 Å². The van der Waals surface area contributed by atoms with E-state index in [1.165, 1.54) is 16.7 Å². The van der Waals surface area contributed by atoms with Gasteiger partial charge in [0.1, 0.15) is 11.7 Å². The van der Waals surface area contributed by atoms with Crippen molar-refractivity contribution in [3.8, 4) is 0 Å². The van der Waals surface area contributed by atoms with Gasteiger partial charge in [-0.3, -0.25) is 9.59 Å². The van der Waals surface area contributed by atoms with Gasteiger partial charge in [-0.2, -0.15) is 0 Å². The van der Waals surface area contributed by atoms with Crippen LogP contribution in [0.25, 0.3) is 0 Å². The summed E-state index contributed by atoms with van der Waals surface area (Å²) in [4.78, 5) is 44.8. The van der Waals surface area contributed by atoms with Crippen LogP contribution < -0.4 is 5.32 Å². The number of carbonyl (C=O) groups excluding carboxylic acids is 3. The van der Waals surface area contributed by atoms with Gasteiger partial charge < -0.3 is 29.2 Å². The van der Waals surface area contributed by atoms with E-state index >= 15 is 0 Å². The Hall–Kier alpha value is -2.18. The quantitative estimate of drug-likeness (QED) is 0.190. The van der Waals surface area contributed by atoms with Crippen molar-refractivity contribution in [2.75, 3.05) is 52.7 Å². The molecule has 0 spiro atoms. The number of morpholine rings is 1. The number of carbonyl (C=O) groups is 3. The third-order valence-corrected chi connectivity index (χ3v) is 7.44. The van der Waals surface area contributed by atoms with Gasteiger partial charge in [-0.25, -0.2) is 4.79 Å². The number of hydrogen-bond donors (Lipinski definition) is 1. The first-order chi connectivity index (χ1) is 17.3. The molecule has 11 nitrogen and oxygen atoms in total. The van der Waals surface area contributed by atoms with Gasteiger partial charge >= 0.3 is 6.03 Å². The summed E-state index contributed by atoms with van der Waals surface area (Å²) >= 11 is 1.39. The van der Waals surface area contributed by atoms with Gasteiger partial charge in [0, 0.05) is 25.4 Å². The van der Waals surface area contributed by atoms with E-state index in [4.69, 9.17) is 9.15 Å². The zero-order valence-corrected chi connectivity index (χ0v) is 22.7. The summed E-state index contributed by atoms with van der Waals surface area (Å²) in [7, 11) is 3.96. The summed E-state index contributed by atoms with van der Waals surface area (Å²) < 4.78 is 11.1. The van der Waals surface area contributed by atoms with Crippen molar-refractivity contribution in [2.45, 2.75) is 69.3 Å². The van der Waals surface area contributed by atoms with Gasteiger partial charge in [0.05, 0.1) is 13.2 Å². The van der Waals surface area contributed by atoms with Crippen molar-refractivity contribution >= 4 is 30.0 Å². The van der Waals surface area contributed by atoms with E-state index < -0.39 is 17.5 Å². The summed E-state index contributed by atoms with van der Waals surface area (Å²) in [5.41, 5.74) is -0.950. The molecule has 2 fully saturated rings. The predicted octanol–water partition coefficient (Wildman–Crippen LogP) is 2.48. The number of Topliss-reactive ketones (excluding diaryl/α,β-unsaturated/α-hetero) is 1. The Morgan fingerprint density at radius 2 is 1.86 bits per heavy atom. The number of ketones is 1. The first-order valence-electron chi connectivity index (χ1n) is 12.8. The summed E-state index contributed by atoms with van der Waals surface area (Å²) in [6.45, 7) is 6.79. The summed E-state index contributed by atoms with van der Waals surface area (Å²) in [6, 6.07) is -1.06. The molecule has 1 saturated heterocycles. The van der Waals surface area contributed by atoms with Crippen molar-refractivity contribution in [1.82, 2.24) is 30.2 Å². The Labute approximate surface area is 217 Å². The Bertz CT molecular complexity index is 867. The molecule has 0 bridgehead atoms. The number of ether oxygens (including phenoxy) is 1. The summed E-state index contributed by atoms with van der Waals surface area (Å²) in [5.74, 6) is 0.363. The van der Waals surface area contributed by atoms with E-state index in [1.807, 2.05) is 32.8 Å². The van der Waals surface area contributed by atoms with E-state index in [2.05, 4.69) is 15.5 Å². The minimum Gasteiger partial charge on any atom is -0.408 e. The number of nitrogens with one attached hydrogen (secondary N) is 1. The van der Waals surface area contributed by atoms with Crippen LogP contribution >= 0.6 is 11.8 Å². The smallest absolute Gasteiger partial charge is 0.319 e. The summed E-state index contributed by atoms with van der Waals surface area (Å²) in [6.07, 6.45) is 5.00. The topological polar surface area (TPSA) is 121 Å². The molecular weight excluding hydrogens is 484 g/mol. The van der Waals surface area contributed by atoms with Gasteiger partial charge in [-0.15, -0.1) is 10.2 Å². The number of nitrogens with zero attached hydrogens (tertiary/aromatic N) is 5. The first kappa shape index (κ1) is 28.4. The maximum Gasteiger partial charge on any atom is 0.319 e. The molecule has 1 atom stereocenters. The third kappa shape index (κ3) is 7.42. The van der Waals surface area contributed by atoms with Gasteiger partial charge in [0.25, 0.3) is 11.1 Å². The van der Waals surface area contributed by atoms with E-state index in [1.54, 1.807) is 4.90 Å². The second-order valence-electron chi connectivity index (χ2n) is 10.2. The third-order valence-electron chi connectivity index (χ3n) is 6.64. The lowest BCUT2D eigenvalue weighted by Gasteiger charge is -2.48. The number of rotatable bonds is 12. The second-order valence-corrected chi connectivity index (χ2v) is 11.2. The fourth-order valence-electron chi connectivity index (χ4n) is 4.72. The molecule has 1 saturated carbocycles. The van der Waals surface area contributed by atoms with E-state index in [9.17, 15) is 14.4 Å². The van der Waals surface area contributed by atoms with Crippen LogP contribution in [0.1, 0.15) is 63.1 Å². The minimum absolute atomic E-state index is 0.106. The molecule has 1 unspecified atom stereocenters. The van der Waals surface area contributed by atoms with Crippen molar-refractivity contribution in [3.63, 3.8) is 0 Å². The van der Waals surface area contributed by atoms with Crippen LogP contribution in [-0.4, -0.2) is 108 Å². The molecule has 12 heteroatoms. The molecule has 0 aromatic carbocycles. The molecule has 2 heterocycles. The molecule has 36 heavy (non-hydrogen) atoms. The highest BCUT2D eigenvalue weighted by Crippen LogP contribution is 2.34. The molecule has 2 aliphatic rings. The fraction of sp³-hybridized carbons (Fsp3) is 0.792. The number of thioether (sulfide) groups is 1. The fourth-order valence-corrected chi connectivity index (χ4v) is 5.59. The van der Waals surface area contributed by atoms with E-state index in [-0.39, 0.29) is 17.8 Å². The minimum atomic E-state index is -0.950. The highest BCUT2D eigenvalue weighted by atomic mass is 32.2. The molecule has 1 aliphatic heterocycles. The number of aromatic nitrogens is 2. The van der Waals surface area contributed by atoms with Crippen LogP contribution in [0.3, 0.4) is 0 Å². The Balaban J connectivity index is 1.84. The molecule has 3 rings (SSSR count). The van der Waals surface area contributed by atoms with Gasteiger partial charge in [-0.1, -0.05) is 32.0 Å². The van der Waals surface area contributed by atoms with Crippen molar-refractivity contribution < 1.29 is 23.5 Å². The van der Waals surface area contributed by atoms with E-state index in [0.717, 1.165) is 31.6 Å². The molecule has 1 aromatic rings. The largest absolute Gasteiger partial charge is 0.408 e. The van der Waals surface area contributed by atoms with Crippen LogP contribution in [0.2, 0.25) is 0 Å². The predicted molar refractivity (Wildman–Crippen MR) is 136 cm³/mol. The Morgan fingerprint density at radius 1 is 1.17 bits per heavy atom. The summed E-state index contributed by atoms with van der Waals surface area (Å²) in [5, 5.41) is 11.5. The molecule has 202 valence electrons. The maximum absolute atomic E-state index is 13.7. The normalized spacial score (nSPS) is 18.8. The van der Waals surface area contributed by atoms with Crippen LogP contribution in [0, 0.1) is 5.92 Å². The lowest BCUT2D eigenvalue weighted by atomic mass is 9.85. The highest BCUT2D eigenvalue weighted by molar-refractivity contribution is 7.99. The Morgan fingerprint density at radius 3 is 2.47 bits per heavy atom. The lowest BCUT2D eigenvalue weighted by molar-refractivity contribution is -0.129. The average molecular weight is 525 g/mol. The molecular formula is C24H40N6O5S. The molecule has 1 N–H and O–H groups in total. The van der Waals surface area contributed by atoms with E-state index in [0.29, 0.717) is 57.2 Å². The van der Waals surface area contributed by atoms with Gasteiger partial charge in [0.15, 0.2) is 0 Å². The molecule has 3 amide bonds. The van der Waals surface area contributed by atoms with Crippen molar-refractivity contribution in [2.24, 2.45) is 5.92 Å². The molecule has 1 aliphatic carbocycles. The Kier molecular flexibility index (Phi) is 10.6. The van der Waals surface area contributed by atoms with Gasteiger partial charge in [0.2, 0.25) is 12.2 Å². The molecule has 1 aromatic heterocycles. The number of urea groups is 1. The monoisotopic (exact) mass is 524 g/mol. The van der Waals surface area contributed by atoms with Crippen molar-refractivity contribution in [1.29, 1.82) is 0 Å².